The lowest BCUT2D eigenvalue weighted by Crippen LogP contribution is -2.46. The average Bonchev–Trinajstić information content (AvgIpc) is 2.57. The maximum absolute atomic E-state index is 12.6. The monoisotopic (exact) mass is 432 g/mol. The zero-order chi connectivity index (χ0) is 19.1. The molecule has 0 aromatic heterocycles. The first-order valence-electron chi connectivity index (χ1n) is 8.36. The van der Waals surface area contributed by atoms with E-state index in [1.807, 2.05) is 0 Å². The Labute approximate surface area is 159 Å². The van der Waals surface area contributed by atoms with Crippen LogP contribution in [-0.2, 0) is 11.3 Å². The van der Waals surface area contributed by atoms with Crippen LogP contribution >= 0.6 is 15.9 Å². The fraction of sp³-hybridized carbons (Fsp3) is 0.529. The Kier molecular flexibility index (Phi) is 7.62. The van der Waals surface area contributed by atoms with E-state index in [0.29, 0.717) is 24.5 Å². The van der Waals surface area contributed by atoms with Crippen molar-refractivity contribution in [2.24, 2.45) is 16.6 Å². The summed E-state index contributed by atoms with van der Waals surface area (Å²) in [5.41, 5.74) is 5.89. The molecule has 6 nitrogen and oxygen atoms in total. The normalized spacial score (nSPS) is 18.1. The van der Waals surface area contributed by atoms with Crippen molar-refractivity contribution >= 4 is 27.8 Å². The van der Waals surface area contributed by atoms with Crippen LogP contribution in [0.5, 0.6) is 5.75 Å². The van der Waals surface area contributed by atoms with Crippen molar-refractivity contribution in [1.82, 2.24) is 10.2 Å². The lowest BCUT2D eigenvalue weighted by atomic mass is 9.95. The Balaban J connectivity index is 2.03. The molecule has 1 aliphatic heterocycles. The van der Waals surface area contributed by atoms with Crippen molar-refractivity contribution in [2.45, 2.75) is 32.4 Å². The minimum absolute atomic E-state index is 0.122. The highest BCUT2D eigenvalue weighted by molar-refractivity contribution is 9.10. The van der Waals surface area contributed by atoms with E-state index < -0.39 is 6.61 Å². The number of hydrogen-bond acceptors (Lipinski definition) is 3. The Morgan fingerprint density at radius 1 is 1.54 bits per heavy atom. The molecular formula is C17H23BrF2N4O2. The molecule has 3 N–H and O–H groups in total. The molecule has 0 aliphatic carbocycles. The summed E-state index contributed by atoms with van der Waals surface area (Å²) in [6, 6.07) is 4.87. The van der Waals surface area contributed by atoms with E-state index in [4.69, 9.17) is 5.73 Å². The second kappa shape index (κ2) is 9.70. The van der Waals surface area contributed by atoms with Crippen molar-refractivity contribution in [3.63, 3.8) is 0 Å². The SMILES string of the molecule is CN=C(NCc1cc(Br)ccc1OC(F)F)N1CCCC(CC(N)=O)C1. The molecule has 1 aromatic carbocycles. The summed E-state index contributed by atoms with van der Waals surface area (Å²) in [5.74, 6) is 0.671. The summed E-state index contributed by atoms with van der Waals surface area (Å²) in [6.07, 6.45) is 2.25. The standard InChI is InChI=1S/C17H23BrF2N4O2/c1-22-17(24-6-2-3-11(10-24)7-15(21)25)23-9-12-8-13(18)4-5-14(12)26-16(19)20/h4-5,8,11,16H,2-3,6-7,9-10H2,1H3,(H2,21,25)(H,22,23). The van der Waals surface area contributed by atoms with E-state index in [1.54, 1.807) is 19.2 Å². The molecule has 9 heteroatoms. The lowest BCUT2D eigenvalue weighted by Gasteiger charge is -2.34. The number of rotatable bonds is 6. The van der Waals surface area contributed by atoms with Crippen LogP contribution in [0.25, 0.3) is 0 Å². The highest BCUT2D eigenvalue weighted by atomic mass is 79.9. The van der Waals surface area contributed by atoms with Gasteiger partial charge in [-0.15, -0.1) is 0 Å². The van der Waals surface area contributed by atoms with Crippen LogP contribution in [0.2, 0.25) is 0 Å². The fourth-order valence-corrected chi connectivity index (χ4v) is 3.52. The van der Waals surface area contributed by atoms with Gasteiger partial charge in [-0.25, -0.2) is 0 Å². The van der Waals surface area contributed by atoms with Crippen LogP contribution in [-0.4, -0.2) is 43.5 Å². The van der Waals surface area contributed by atoms with Crippen LogP contribution in [0.15, 0.2) is 27.7 Å². The summed E-state index contributed by atoms with van der Waals surface area (Å²) in [5, 5.41) is 3.18. The van der Waals surface area contributed by atoms with Crippen LogP contribution in [0.4, 0.5) is 8.78 Å². The molecule has 1 aliphatic rings. The Hall–Kier alpha value is -1.90. The Morgan fingerprint density at radius 3 is 2.96 bits per heavy atom. The number of carbonyl (C=O) groups is 1. The summed E-state index contributed by atoms with van der Waals surface area (Å²) >= 11 is 3.34. The van der Waals surface area contributed by atoms with Crippen molar-refractivity contribution in [3.05, 3.63) is 28.2 Å². The maximum Gasteiger partial charge on any atom is 0.387 e. The van der Waals surface area contributed by atoms with E-state index in [0.717, 1.165) is 23.9 Å². The quantitative estimate of drug-likeness (QED) is 0.534. The van der Waals surface area contributed by atoms with Gasteiger partial charge in [0.2, 0.25) is 5.91 Å². The first-order valence-corrected chi connectivity index (χ1v) is 9.15. The molecule has 0 spiro atoms. The third-order valence-corrected chi connectivity index (χ3v) is 4.69. The number of guanidine groups is 1. The molecule has 2 rings (SSSR count). The van der Waals surface area contributed by atoms with Gasteiger partial charge in [-0.3, -0.25) is 9.79 Å². The fourth-order valence-electron chi connectivity index (χ4n) is 3.11. The number of nitrogens with zero attached hydrogens (tertiary/aromatic N) is 2. The predicted octanol–water partition coefficient (Wildman–Crippen LogP) is 2.71. The van der Waals surface area contributed by atoms with Gasteiger partial charge in [-0.2, -0.15) is 8.78 Å². The molecule has 1 unspecified atom stereocenters. The number of ether oxygens (including phenoxy) is 1. The van der Waals surface area contributed by atoms with Crippen molar-refractivity contribution in [1.29, 1.82) is 0 Å². The molecule has 1 fully saturated rings. The third-order valence-electron chi connectivity index (χ3n) is 4.20. The minimum atomic E-state index is -2.88. The second-order valence-corrected chi connectivity index (χ2v) is 7.07. The van der Waals surface area contributed by atoms with Gasteiger partial charge in [-0.1, -0.05) is 15.9 Å². The molecule has 1 amide bonds. The largest absolute Gasteiger partial charge is 0.434 e. The number of benzene rings is 1. The van der Waals surface area contributed by atoms with Crippen LogP contribution in [0.1, 0.15) is 24.8 Å². The van der Waals surface area contributed by atoms with Gasteiger partial charge in [0.1, 0.15) is 5.75 Å². The van der Waals surface area contributed by atoms with Crippen LogP contribution in [0.3, 0.4) is 0 Å². The molecular weight excluding hydrogens is 410 g/mol. The number of amides is 1. The van der Waals surface area contributed by atoms with Crippen molar-refractivity contribution in [3.8, 4) is 5.75 Å². The molecule has 26 heavy (non-hydrogen) atoms. The van der Waals surface area contributed by atoms with E-state index in [-0.39, 0.29) is 24.1 Å². The molecule has 1 atom stereocenters. The van der Waals surface area contributed by atoms with Gasteiger partial charge in [0, 0.05) is 43.1 Å². The molecule has 0 saturated carbocycles. The molecule has 1 aromatic rings. The van der Waals surface area contributed by atoms with Gasteiger partial charge in [-0.05, 0) is 37.0 Å². The average molecular weight is 433 g/mol. The zero-order valence-corrected chi connectivity index (χ0v) is 16.1. The number of piperidine rings is 1. The number of aliphatic imine (C=N–C) groups is 1. The smallest absolute Gasteiger partial charge is 0.387 e. The Bertz CT molecular complexity index is 658. The van der Waals surface area contributed by atoms with E-state index in [9.17, 15) is 13.6 Å². The van der Waals surface area contributed by atoms with Crippen LogP contribution in [0, 0.1) is 5.92 Å². The molecule has 144 valence electrons. The number of nitrogens with two attached hydrogens (primary N) is 1. The molecule has 0 radical (unpaired) electrons. The van der Waals surface area contributed by atoms with Crippen molar-refractivity contribution in [2.75, 3.05) is 20.1 Å². The highest BCUT2D eigenvalue weighted by Gasteiger charge is 2.23. The zero-order valence-electron chi connectivity index (χ0n) is 14.6. The van der Waals surface area contributed by atoms with E-state index in [2.05, 4.69) is 35.9 Å². The summed E-state index contributed by atoms with van der Waals surface area (Å²) in [7, 11) is 1.66. The van der Waals surface area contributed by atoms with Gasteiger partial charge >= 0.3 is 6.61 Å². The van der Waals surface area contributed by atoms with Gasteiger partial charge in [0.25, 0.3) is 0 Å². The van der Waals surface area contributed by atoms with E-state index >= 15 is 0 Å². The van der Waals surface area contributed by atoms with Gasteiger partial charge in [0.05, 0.1) is 0 Å². The number of halogens is 3. The number of primary amides is 1. The predicted molar refractivity (Wildman–Crippen MR) is 99.1 cm³/mol. The number of alkyl halides is 2. The summed E-state index contributed by atoms with van der Waals surface area (Å²) < 4.78 is 30.5. The molecule has 1 heterocycles. The van der Waals surface area contributed by atoms with E-state index in [1.165, 1.54) is 6.07 Å². The van der Waals surface area contributed by atoms with Crippen LogP contribution < -0.4 is 15.8 Å². The first-order chi connectivity index (χ1) is 12.4. The number of carbonyl (C=O) groups excluding carboxylic acids is 1. The number of hydrogen-bond donors (Lipinski definition) is 2. The highest BCUT2D eigenvalue weighted by Crippen LogP contribution is 2.25. The first kappa shape index (κ1) is 20.4. The Morgan fingerprint density at radius 2 is 2.31 bits per heavy atom. The molecule has 1 saturated heterocycles. The minimum Gasteiger partial charge on any atom is -0.434 e. The third kappa shape index (κ3) is 6.12. The number of nitrogens with one attached hydrogen (secondary N) is 1. The van der Waals surface area contributed by atoms with Gasteiger partial charge in [0.15, 0.2) is 5.96 Å². The summed E-state index contributed by atoms with van der Waals surface area (Å²) in [4.78, 5) is 17.5. The molecule has 0 bridgehead atoms. The van der Waals surface area contributed by atoms with Crippen molar-refractivity contribution < 1.29 is 18.3 Å². The lowest BCUT2D eigenvalue weighted by molar-refractivity contribution is -0.119. The summed E-state index contributed by atoms with van der Waals surface area (Å²) in [6.45, 7) is -1.11. The topological polar surface area (TPSA) is 80.0 Å². The number of likely N-dealkylation sites (tertiary alicyclic amines) is 1. The second-order valence-electron chi connectivity index (χ2n) is 6.16. The maximum atomic E-state index is 12.6. The van der Waals surface area contributed by atoms with Gasteiger partial charge < -0.3 is 20.7 Å².